The van der Waals surface area contributed by atoms with E-state index in [2.05, 4.69) is 10.1 Å². The minimum atomic E-state index is -1.16. The number of hydrogen-bond acceptors (Lipinski definition) is 5. The van der Waals surface area contributed by atoms with Crippen molar-refractivity contribution in [1.29, 1.82) is 0 Å². The first-order valence-electron chi connectivity index (χ1n) is 5.53. The van der Waals surface area contributed by atoms with Crippen LogP contribution in [0.15, 0.2) is 29.8 Å². The van der Waals surface area contributed by atoms with Gasteiger partial charge in [-0.15, -0.1) is 11.3 Å². The minimum Gasteiger partial charge on any atom is -0.477 e. The Labute approximate surface area is 116 Å². The number of carboxylic acid groups (broad SMARTS) is 1. The van der Waals surface area contributed by atoms with Crippen LogP contribution in [-0.2, 0) is 0 Å². The van der Waals surface area contributed by atoms with E-state index in [0.29, 0.717) is 5.69 Å². The summed E-state index contributed by atoms with van der Waals surface area (Å²) in [6, 6.07) is 5.06. The van der Waals surface area contributed by atoms with Gasteiger partial charge in [-0.2, -0.15) is 5.10 Å². The molecule has 3 aromatic rings. The SMILES string of the molecule is NC(=O)c1cnn2c(C(=O)O)cc(-c3cccs3)nc12. The van der Waals surface area contributed by atoms with Crippen LogP contribution in [0.1, 0.15) is 20.8 Å². The number of carbonyl (C=O) groups excluding carboxylic acids is 1. The van der Waals surface area contributed by atoms with Crippen molar-refractivity contribution < 1.29 is 14.7 Å². The Bertz CT molecular complexity index is 823. The van der Waals surface area contributed by atoms with E-state index >= 15 is 0 Å². The number of carbonyl (C=O) groups is 2. The zero-order valence-electron chi connectivity index (χ0n) is 9.98. The Hall–Kier alpha value is -2.74. The van der Waals surface area contributed by atoms with Gasteiger partial charge in [0.2, 0.25) is 0 Å². The highest BCUT2D eigenvalue weighted by molar-refractivity contribution is 7.13. The van der Waals surface area contributed by atoms with Gasteiger partial charge in [-0.1, -0.05) is 6.07 Å². The number of nitrogens with two attached hydrogens (primary N) is 1. The molecule has 0 radical (unpaired) electrons. The Morgan fingerprint density at radius 2 is 2.20 bits per heavy atom. The zero-order chi connectivity index (χ0) is 14.3. The Morgan fingerprint density at radius 1 is 1.40 bits per heavy atom. The molecule has 0 atom stereocenters. The fourth-order valence-corrected chi connectivity index (χ4v) is 2.53. The highest BCUT2D eigenvalue weighted by Crippen LogP contribution is 2.25. The third kappa shape index (κ3) is 1.82. The fraction of sp³-hybridized carbons (Fsp3) is 0. The molecule has 3 rings (SSSR count). The summed E-state index contributed by atoms with van der Waals surface area (Å²) in [5.74, 6) is -1.86. The van der Waals surface area contributed by atoms with E-state index in [-0.39, 0.29) is 16.9 Å². The summed E-state index contributed by atoms with van der Waals surface area (Å²) in [4.78, 5) is 27.7. The van der Waals surface area contributed by atoms with E-state index < -0.39 is 11.9 Å². The van der Waals surface area contributed by atoms with Crippen LogP contribution in [0.2, 0.25) is 0 Å². The molecule has 0 saturated carbocycles. The highest BCUT2D eigenvalue weighted by Gasteiger charge is 2.19. The second kappa shape index (κ2) is 4.42. The van der Waals surface area contributed by atoms with Crippen molar-refractivity contribution in [3.63, 3.8) is 0 Å². The molecule has 0 aliphatic heterocycles. The van der Waals surface area contributed by atoms with Gasteiger partial charge in [0.25, 0.3) is 5.91 Å². The molecule has 1 amide bonds. The van der Waals surface area contributed by atoms with Crippen molar-refractivity contribution in [2.24, 2.45) is 5.73 Å². The lowest BCUT2D eigenvalue weighted by atomic mass is 10.2. The lowest BCUT2D eigenvalue weighted by Crippen LogP contribution is -2.13. The summed E-state index contributed by atoms with van der Waals surface area (Å²) in [6.45, 7) is 0. The molecule has 3 heterocycles. The van der Waals surface area contributed by atoms with Gasteiger partial charge in [0.05, 0.1) is 16.8 Å². The maximum Gasteiger partial charge on any atom is 0.354 e. The van der Waals surface area contributed by atoms with Gasteiger partial charge < -0.3 is 10.8 Å². The summed E-state index contributed by atoms with van der Waals surface area (Å²) in [5.41, 5.74) is 5.86. The molecule has 0 saturated heterocycles. The summed E-state index contributed by atoms with van der Waals surface area (Å²) in [5, 5.41) is 15.0. The van der Waals surface area contributed by atoms with Crippen molar-refractivity contribution in [2.75, 3.05) is 0 Å². The van der Waals surface area contributed by atoms with Gasteiger partial charge in [-0.05, 0) is 17.5 Å². The summed E-state index contributed by atoms with van der Waals surface area (Å²) in [7, 11) is 0. The fourth-order valence-electron chi connectivity index (χ4n) is 1.84. The average molecular weight is 288 g/mol. The monoisotopic (exact) mass is 288 g/mol. The average Bonchev–Trinajstić information content (AvgIpc) is 3.06. The van der Waals surface area contributed by atoms with E-state index in [1.807, 2.05) is 17.5 Å². The van der Waals surface area contributed by atoms with Gasteiger partial charge >= 0.3 is 5.97 Å². The molecule has 3 aromatic heterocycles. The van der Waals surface area contributed by atoms with Crippen molar-refractivity contribution in [3.05, 3.63) is 41.0 Å². The van der Waals surface area contributed by atoms with Crippen LogP contribution < -0.4 is 5.73 Å². The quantitative estimate of drug-likeness (QED) is 0.753. The molecule has 0 aliphatic rings. The van der Waals surface area contributed by atoms with Crippen molar-refractivity contribution in [1.82, 2.24) is 14.6 Å². The molecule has 8 heteroatoms. The van der Waals surface area contributed by atoms with E-state index in [1.165, 1.54) is 23.6 Å². The van der Waals surface area contributed by atoms with E-state index in [4.69, 9.17) is 5.73 Å². The first kappa shape index (κ1) is 12.3. The lowest BCUT2D eigenvalue weighted by Gasteiger charge is -2.04. The molecule has 20 heavy (non-hydrogen) atoms. The van der Waals surface area contributed by atoms with E-state index in [1.54, 1.807) is 0 Å². The third-order valence-electron chi connectivity index (χ3n) is 2.73. The number of thiophene rings is 1. The van der Waals surface area contributed by atoms with Crippen LogP contribution in [0, 0.1) is 0 Å². The molecule has 100 valence electrons. The lowest BCUT2D eigenvalue weighted by molar-refractivity contribution is 0.0687. The molecule has 0 fully saturated rings. The first-order valence-corrected chi connectivity index (χ1v) is 6.41. The maximum atomic E-state index is 11.3. The van der Waals surface area contributed by atoms with E-state index in [0.717, 1.165) is 9.39 Å². The second-order valence-corrected chi connectivity index (χ2v) is 4.91. The number of aromatic nitrogens is 3. The number of nitrogens with zero attached hydrogens (tertiary/aromatic N) is 3. The van der Waals surface area contributed by atoms with Crippen LogP contribution >= 0.6 is 11.3 Å². The van der Waals surface area contributed by atoms with Gasteiger partial charge in [-0.25, -0.2) is 14.3 Å². The molecule has 0 spiro atoms. The van der Waals surface area contributed by atoms with E-state index in [9.17, 15) is 14.7 Å². The number of hydrogen-bond donors (Lipinski definition) is 2. The van der Waals surface area contributed by atoms with Crippen molar-refractivity contribution in [2.45, 2.75) is 0 Å². The normalized spacial score (nSPS) is 10.8. The minimum absolute atomic E-state index is 0.0779. The number of rotatable bonds is 3. The first-order chi connectivity index (χ1) is 9.58. The predicted octanol–water partition coefficient (Wildman–Crippen LogP) is 1.25. The zero-order valence-corrected chi connectivity index (χ0v) is 10.8. The standard InChI is InChI=1S/C12H8N4O3S/c13-10(17)6-5-14-16-8(12(18)19)4-7(15-11(6)16)9-2-1-3-20-9/h1-5H,(H2,13,17)(H,18,19). The van der Waals surface area contributed by atoms with Gasteiger partial charge in [0.1, 0.15) is 5.56 Å². The summed E-state index contributed by atoms with van der Waals surface area (Å²) >= 11 is 1.42. The third-order valence-corrected chi connectivity index (χ3v) is 3.62. The number of carboxylic acids is 1. The summed E-state index contributed by atoms with van der Waals surface area (Å²) < 4.78 is 1.10. The molecule has 7 nitrogen and oxygen atoms in total. The van der Waals surface area contributed by atoms with Gasteiger partial charge in [0.15, 0.2) is 11.3 Å². The predicted molar refractivity (Wildman–Crippen MR) is 71.8 cm³/mol. The Morgan fingerprint density at radius 3 is 2.80 bits per heavy atom. The second-order valence-electron chi connectivity index (χ2n) is 3.97. The van der Waals surface area contributed by atoms with Crippen LogP contribution in [0.5, 0.6) is 0 Å². The maximum absolute atomic E-state index is 11.3. The molecular weight excluding hydrogens is 280 g/mol. The van der Waals surface area contributed by atoms with Crippen molar-refractivity contribution in [3.8, 4) is 10.6 Å². The topological polar surface area (TPSA) is 111 Å². The Balaban J connectivity index is 2.36. The number of primary amides is 1. The smallest absolute Gasteiger partial charge is 0.354 e. The number of fused-ring (bicyclic) bond motifs is 1. The number of aromatic carboxylic acids is 1. The van der Waals surface area contributed by atoms with Gasteiger partial charge in [0, 0.05) is 0 Å². The van der Waals surface area contributed by atoms with Crippen LogP contribution in [-0.4, -0.2) is 31.6 Å². The van der Waals surface area contributed by atoms with Crippen LogP contribution in [0.3, 0.4) is 0 Å². The highest BCUT2D eigenvalue weighted by atomic mass is 32.1. The summed E-state index contributed by atoms with van der Waals surface area (Å²) in [6.07, 6.45) is 1.22. The van der Waals surface area contributed by atoms with Gasteiger partial charge in [-0.3, -0.25) is 4.79 Å². The molecule has 0 bridgehead atoms. The molecule has 3 N–H and O–H groups in total. The van der Waals surface area contributed by atoms with Crippen molar-refractivity contribution >= 4 is 28.9 Å². The molecule has 0 unspecified atom stereocenters. The van der Waals surface area contributed by atoms with Crippen LogP contribution in [0.4, 0.5) is 0 Å². The van der Waals surface area contributed by atoms with Crippen LogP contribution in [0.25, 0.3) is 16.2 Å². The Kier molecular flexibility index (Phi) is 2.72. The molecule has 0 aliphatic carbocycles. The largest absolute Gasteiger partial charge is 0.477 e. The molecule has 0 aromatic carbocycles. The molecular formula is C12H8N4O3S. The number of amides is 1.